The van der Waals surface area contributed by atoms with Gasteiger partial charge < -0.3 is 29.4 Å². The number of carboxylic acids is 1. The minimum atomic E-state index is -5.08. The van der Waals surface area contributed by atoms with Crippen LogP contribution in [0.4, 0.5) is 13.2 Å². The van der Waals surface area contributed by atoms with Crippen LogP contribution in [-0.4, -0.2) is 74.8 Å². The van der Waals surface area contributed by atoms with Gasteiger partial charge in [-0.1, -0.05) is 18.2 Å². The predicted molar refractivity (Wildman–Crippen MR) is 141 cm³/mol. The lowest BCUT2D eigenvalue weighted by Crippen LogP contribution is -2.54. The second kappa shape index (κ2) is 12.6. The van der Waals surface area contributed by atoms with E-state index in [1.807, 2.05) is 54.1 Å². The Labute approximate surface area is 239 Å². The van der Waals surface area contributed by atoms with Crippen molar-refractivity contribution < 1.29 is 42.1 Å². The lowest BCUT2D eigenvalue weighted by molar-refractivity contribution is -0.192. The van der Waals surface area contributed by atoms with Crippen LogP contribution in [-0.2, 0) is 33.0 Å². The fraction of sp³-hybridized carbons (Fsp3) is 0.393. The van der Waals surface area contributed by atoms with Crippen molar-refractivity contribution in [3.63, 3.8) is 0 Å². The molecular weight excluding hydrogens is 559 g/mol. The molecule has 1 atom stereocenters. The average molecular weight is 590 g/mol. The van der Waals surface area contributed by atoms with Crippen LogP contribution in [0.5, 0.6) is 5.75 Å². The number of ether oxygens (including phenoxy) is 2. The van der Waals surface area contributed by atoms with Gasteiger partial charge in [-0.3, -0.25) is 9.59 Å². The number of imidazole rings is 1. The van der Waals surface area contributed by atoms with Crippen molar-refractivity contribution in [3.8, 4) is 5.75 Å². The van der Waals surface area contributed by atoms with Crippen LogP contribution in [0.25, 0.3) is 0 Å². The van der Waals surface area contributed by atoms with E-state index in [-0.39, 0.29) is 11.8 Å². The van der Waals surface area contributed by atoms with Gasteiger partial charge in [-0.25, -0.2) is 14.8 Å². The Morgan fingerprint density at radius 2 is 1.86 bits per heavy atom. The molecule has 2 N–H and O–H groups in total. The van der Waals surface area contributed by atoms with Gasteiger partial charge in [0, 0.05) is 50.6 Å². The summed E-state index contributed by atoms with van der Waals surface area (Å²) in [4.78, 5) is 45.7. The van der Waals surface area contributed by atoms with Crippen LogP contribution in [0.3, 0.4) is 0 Å². The third-order valence-electron chi connectivity index (χ3n) is 6.95. The zero-order valence-corrected chi connectivity index (χ0v) is 22.9. The molecule has 42 heavy (non-hydrogen) atoms. The zero-order chi connectivity index (χ0) is 30.5. The number of carbonyl (C=O) groups excluding carboxylic acids is 2. The maximum atomic E-state index is 13.1. The van der Waals surface area contributed by atoms with Crippen molar-refractivity contribution in [2.24, 2.45) is 0 Å². The Hall–Kier alpha value is -4.46. The standard InChI is InChI=1S/C26H29N5O4.C2HF3O2/c1-18-5-3-8-21(29-18)24(33)30-12-9-26(10-13-30)25-27-11-14-31(25)17-22(35-26)23(32)28-16-19-6-4-7-20(15-19)34-2;3-2(4,5)1(6)7/h3-8,11,14-15,22H,9-10,12-13,16-17H2,1-2H3,(H,28,32);(H,6,7). The fourth-order valence-corrected chi connectivity index (χ4v) is 4.86. The summed E-state index contributed by atoms with van der Waals surface area (Å²) in [5, 5.41) is 10.1. The topological polar surface area (TPSA) is 136 Å². The van der Waals surface area contributed by atoms with Crippen LogP contribution in [0, 0.1) is 6.92 Å². The largest absolute Gasteiger partial charge is 0.497 e. The molecule has 5 rings (SSSR count). The predicted octanol–water partition coefficient (Wildman–Crippen LogP) is 3.08. The highest BCUT2D eigenvalue weighted by atomic mass is 19.4. The Kier molecular flexibility index (Phi) is 9.14. The van der Waals surface area contributed by atoms with Gasteiger partial charge in [-0.15, -0.1) is 0 Å². The molecule has 1 fully saturated rings. The van der Waals surface area contributed by atoms with Crippen molar-refractivity contribution in [2.75, 3.05) is 20.2 Å². The molecule has 1 spiro atoms. The number of nitrogens with zero attached hydrogens (tertiary/aromatic N) is 4. The Bertz CT molecular complexity index is 1440. The molecule has 224 valence electrons. The van der Waals surface area contributed by atoms with E-state index >= 15 is 0 Å². The number of rotatable bonds is 5. The Balaban J connectivity index is 0.000000517. The number of aliphatic carboxylic acids is 1. The molecule has 1 saturated heterocycles. The number of methoxy groups -OCH3 is 1. The number of likely N-dealkylation sites (tertiary alicyclic amines) is 1. The summed E-state index contributed by atoms with van der Waals surface area (Å²) < 4.78 is 45.5. The summed E-state index contributed by atoms with van der Waals surface area (Å²) in [6.45, 7) is 3.65. The summed E-state index contributed by atoms with van der Waals surface area (Å²) in [6.07, 6.45) is -0.993. The highest BCUT2D eigenvalue weighted by Gasteiger charge is 2.47. The molecule has 3 aromatic rings. The van der Waals surface area contributed by atoms with E-state index in [0.717, 1.165) is 22.8 Å². The van der Waals surface area contributed by atoms with E-state index in [1.54, 1.807) is 24.3 Å². The van der Waals surface area contributed by atoms with Crippen LogP contribution in [0.15, 0.2) is 54.9 Å². The van der Waals surface area contributed by atoms with Crippen LogP contribution in [0.1, 0.15) is 40.4 Å². The summed E-state index contributed by atoms with van der Waals surface area (Å²) in [5.41, 5.74) is 1.49. The van der Waals surface area contributed by atoms with E-state index in [1.165, 1.54) is 0 Å². The molecule has 2 amide bonds. The SMILES string of the molecule is COc1cccc(CNC(=O)C2Cn3ccnc3C3(CCN(C(=O)c4cccc(C)n4)CC3)O2)c1.O=C(O)C(F)(F)F. The quantitative estimate of drug-likeness (QED) is 0.464. The molecule has 2 aliphatic heterocycles. The molecule has 1 unspecified atom stereocenters. The van der Waals surface area contributed by atoms with Gasteiger partial charge >= 0.3 is 12.1 Å². The monoisotopic (exact) mass is 589 g/mol. The number of carbonyl (C=O) groups is 3. The number of hydrogen-bond donors (Lipinski definition) is 2. The second-order valence-electron chi connectivity index (χ2n) is 9.83. The van der Waals surface area contributed by atoms with Gasteiger partial charge in [0.2, 0.25) is 0 Å². The number of pyridine rings is 1. The number of hydrogen-bond acceptors (Lipinski definition) is 7. The van der Waals surface area contributed by atoms with Crippen molar-refractivity contribution >= 4 is 17.8 Å². The summed E-state index contributed by atoms with van der Waals surface area (Å²) in [6, 6.07) is 13.1. The zero-order valence-electron chi connectivity index (χ0n) is 22.9. The maximum absolute atomic E-state index is 13.1. The summed E-state index contributed by atoms with van der Waals surface area (Å²) in [5.74, 6) is -1.46. The van der Waals surface area contributed by atoms with Gasteiger partial charge in [0.15, 0.2) is 6.10 Å². The van der Waals surface area contributed by atoms with E-state index in [4.69, 9.17) is 19.4 Å². The third kappa shape index (κ3) is 7.05. The number of benzene rings is 1. The first-order valence-electron chi connectivity index (χ1n) is 13.0. The molecule has 0 saturated carbocycles. The first kappa shape index (κ1) is 30.5. The van der Waals surface area contributed by atoms with E-state index in [0.29, 0.717) is 44.7 Å². The lowest BCUT2D eigenvalue weighted by Gasteiger charge is -2.45. The number of piperidine rings is 1. The lowest BCUT2D eigenvalue weighted by atomic mass is 9.88. The van der Waals surface area contributed by atoms with Gasteiger partial charge in [-0.05, 0) is 36.8 Å². The third-order valence-corrected chi connectivity index (χ3v) is 6.95. The molecule has 2 aliphatic rings. The number of alkyl halides is 3. The smallest absolute Gasteiger partial charge is 0.490 e. The number of aromatic nitrogens is 3. The highest BCUT2D eigenvalue weighted by molar-refractivity contribution is 5.92. The summed E-state index contributed by atoms with van der Waals surface area (Å²) >= 11 is 0. The first-order chi connectivity index (χ1) is 19.9. The number of carboxylic acid groups (broad SMARTS) is 1. The molecule has 0 radical (unpaired) electrons. The van der Waals surface area contributed by atoms with Crippen molar-refractivity contribution in [2.45, 2.75) is 50.7 Å². The first-order valence-corrected chi connectivity index (χ1v) is 13.0. The highest BCUT2D eigenvalue weighted by Crippen LogP contribution is 2.40. The molecule has 11 nitrogen and oxygen atoms in total. The second-order valence-corrected chi connectivity index (χ2v) is 9.83. The molecule has 0 bridgehead atoms. The van der Waals surface area contributed by atoms with E-state index in [9.17, 15) is 22.8 Å². The van der Waals surface area contributed by atoms with E-state index < -0.39 is 23.9 Å². The molecular formula is C28H30F3N5O6. The number of fused-ring (bicyclic) bond motifs is 2. The van der Waals surface area contributed by atoms with E-state index in [2.05, 4.69) is 15.3 Å². The average Bonchev–Trinajstić information content (AvgIpc) is 3.46. The summed E-state index contributed by atoms with van der Waals surface area (Å²) in [7, 11) is 1.62. The van der Waals surface area contributed by atoms with Gasteiger partial charge in [0.1, 0.15) is 22.9 Å². The Morgan fingerprint density at radius 1 is 1.17 bits per heavy atom. The van der Waals surface area contributed by atoms with Crippen LogP contribution in [0.2, 0.25) is 0 Å². The minimum absolute atomic E-state index is 0.0877. The number of halogens is 3. The maximum Gasteiger partial charge on any atom is 0.490 e. The number of aryl methyl sites for hydroxylation is 1. The minimum Gasteiger partial charge on any atom is -0.497 e. The van der Waals surface area contributed by atoms with Crippen molar-refractivity contribution in [3.05, 3.63) is 77.6 Å². The fourth-order valence-electron chi connectivity index (χ4n) is 4.86. The molecule has 2 aromatic heterocycles. The molecule has 14 heteroatoms. The van der Waals surface area contributed by atoms with Gasteiger partial charge in [-0.2, -0.15) is 13.2 Å². The molecule has 4 heterocycles. The normalized spacial score (nSPS) is 17.5. The Morgan fingerprint density at radius 3 is 2.50 bits per heavy atom. The molecule has 1 aromatic carbocycles. The number of amides is 2. The number of nitrogens with one attached hydrogen (secondary N) is 1. The molecule has 0 aliphatic carbocycles. The van der Waals surface area contributed by atoms with Crippen LogP contribution < -0.4 is 10.1 Å². The van der Waals surface area contributed by atoms with Gasteiger partial charge in [0.05, 0.1) is 13.7 Å². The van der Waals surface area contributed by atoms with Crippen molar-refractivity contribution in [1.29, 1.82) is 0 Å². The van der Waals surface area contributed by atoms with Gasteiger partial charge in [0.25, 0.3) is 11.8 Å². The van der Waals surface area contributed by atoms with Crippen molar-refractivity contribution in [1.82, 2.24) is 24.8 Å². The van der Waals surface area contributed by atoms with Crippen LogP contribution >= 0.6 is 0 Å².